The molecular weight excluding hydrogens is 238 g/mol. The summed E-state index contributed by atoms with van der Waals surface area (Å²) in [6.07, 6.45) is 2.37. The SMILES string of the molecule is Cc1ccc(C(=O)NC(C)C2CCCNC2)c(C)n1. The number of hydrogen-bond donors (Lipinski definition) is 2. The Morgan fingerprint density at radius 2 is 2.26 bits per heavy atom. The number of piperidine rings is 1. The zero-order valence-corrected chi connectivity index (χ0v) is 12.0. The molecule has 0 spiro atoms. The van der Waals surface area contributed by atoms with Gasteiger partial charge >= 0.3 is 0 Å². The molecule has 2 unspecified atom stereocenters. The highest BCUT2D eigenvalue weighted by Gasteiger charge is 2.22. The lowest BCUT2D eigenvalue weighted by atomic mass is 9.92. The molecule has 1 aliphatic rings. The molecule has 1 saturated heterocycles. The van der Waals surface area contributed by atoms with Gasteiger partial charge in [-0.25, -0.2) is 0 Å². The summed E-state index contributed by atoms with van der Waals surface area (Å²) in [6, 6.07) is 3.94. The first-order chi connectivity index (χ1) is 9.08. The van der Waals surface area contributed by atoms with E-state index >= 15 is 0 Å². The third-order valence-corrected chi connectivity index (χ3v) is 3.87. The fourth-order valence-electron chi connectivity index (χ4n) is 2.63. The second-order valence-electron chi connectivity index (χ2n) is 5.45. The van der Waals surface area contributed by atoms with Crippen molar-refractivity contribution in [1.82, 2.24) is 15.6 Å². The Kier molecular flexibility index (Phi) is 4.53. The number of aromatic nitrogens is 1. The Morgan fingerprint density at radius 3 is 2.89 bits per heavy atom. The van der Waals surface area contributed by atoms with Crippen LogP contribution in [0.3, 0.4) is 0 Å². The fraction of sp³-hybridized carbons (Fsp3) is 0.600. The van der Waals surface area contributed by atoms with Gasteiger partial charge in [-0.05, 0) is 64.8 Å². The molecule has 19 heavy (non-hydrogen) atoms. The summed E-state index contributed by atoms with van der Waals surface area (Å²) in [6.45, 7) is 8.00. The molecule has 2 atom stereocenters. The minimum Gasteiger partial charge on any atom is -0.349 e. The van der Waals surface area contributed by atoms with Crippen LogP contribution < -0.4 is 10.6 Å². The topological polar surface area (TPSA) is 54.0 Å². The average Bonchev–Trinajstić information content (AvgIpc) is 2.39. The van der Waals surface area contributed by atoms with Crippen molar-refractivity contribution in [2.24, 2.45) is 5.92 Å². The first-order valence-electron chi connectivity index (χ1n) is 7.03. The van der Waals surface area contributed by atoms with E-state index in [0.717, 1.165) is 24.5 Å². The molecule has 4 nitrogen and oxygen atoms in total. The number of nitrogens with one attached hydrogen (secondary N) is 2. The second-order valence-corrected chi connectivity index (χ2v) is 5.45. The second kappa shape index (κ2) is 6.15. The van der Waals surface area contributed by atoms with Gasteiger partial charge in [0.25, 0.3) is 5.91 Å². The van der Waals surface area contributed by atoms with Crippen molar-refractivity contribution in [3.05, 3.63) is 29.1 Å². The number of pyridine rings is 1. The summed E-state index contributed by atoms with van der Waals surface area (Å²) in [5.74, 6) is 0.513. The number of aryl methyl sites for hydroxylation is 2. The molecule has 1 amide bonds. The van der Waals surface area contributed by atoms with Gasteiger partial charge in [0.15, 0.2) is 0 Å². The fourth-order valence-corrected chi connectivity index (χ4v) is 2.63. The number of carbonyl (C=O) groups is 1. The van der Waals surface area contributed by atoms with E-state index in [1.54, 1.807) is 0 Å². The van der Waals surface area contributed by atoms with E-state index in [2.05, 4.69) is 22.5 Å². The maximum Gasteiger partial charge on any atom is 0.253 e. The molecule has 2 N–H and O–H groups in total. The number of carbonyl (C=O) groups excluding carboxylic acids is 1. The summed E-state index contributed by atoms with van der Waals surface area (Å²) in [7, 11) is 0. The van der Waals surface area contributed by atoms with E-state index in [0.29, 0.717) is 11.5 Å². The van der Waals surface area contributed by atoms with Gasteiger partial charge in [-0.2, -0.15) is 0 Å². The predicted octanol–water partition coefficient (Wildman–Crippen LogP) is 1.82. The lowest BCUT2D eigenvalue weighted by molar-refractivity contribution is 0.0921. The molecule has 2 heterocycles. The standard InChI is InChI=1S/C15H23N3O/c1-10-6-7-14(12(3)17-10)15(19)18-11(2)13-5-4-8-16-9-13/h6-7,11,13,16H,4-5,8-9H2,1-3H3,(H,18,19). The monoisotopic (exact) mass is 261 g/mol. The van der Waals surface area contributed by atoms with Gasteiger partial charge in [0.2, 0.25) is 0 Å². The molecule has 104 valence electrons. The van der Waals surface area contributed by atoms with Gasteiger partial charge in [-0.1, -0.05) is 0 Å². The molecule has 1 aromatic rings. The van der Waals surface area contributed by atoms with Gasteiger partial charge in [-0.3, -0.25) is 9.78 Å². The van der Waals surface area contributed by atoms with Crippen LogP contribution in [0, 0.1) is 19.8 Å². The number of amides is 1. The molecule has 2 rings (SSSR count). The van der Waals surface area contributed by atoms with E-state index < -0.39 is 0 Å². The molecule has 1 fully saturated rings. The van der Waals surface area contributed by atoms with Crippen LogP contribution in [0.25, 0.3) is 0 Å². The van der Waals surface area contributed by atoms with Crippen molar-refractivity contribution in [2.45, 2.75) is 39.7 Å². The number of nitrogens with zero attached hydrogens (tertiary/aromatic N) is 1. The Hall–Kier alpha value is -1.42. The maximum absolute atomic E-state index is 12.3. The molecule has 4 heteroatoms. The number of hydrogen-bond acceptors (Lipinski definition) is 3. The summed E-state index contributed by atoms with van der Waals surface area (Å²) < 4.78 is 0. The Morgan fingerprint density at radius 1 is 1.47 bits per heavy atom. The van der Waals surface area contributed by atoms with Crippen molar-refractivity contribution in [1.29, 1.82) is 0 Å². The minimum absolute atomic E-state index is 0.0110. The summed E-state index contributed by atoms with van der Waals surface area (Å²) in [5.41, 5.74) is 2.42. The lowest BCUT2D eigenvalue weighted by Gasteiger charge is -2.29. The summed E-state index contributed by atoms with van der Waals surface area (Å²) in [5, 5.41) is 6.49. The third-order valence-electron chi connectivity index (χ3n) is 3.87. The van der Waals surface area contributed by atoms with E-state index in [-0.39, 0.29) is 11.9 Å². The first kappa shape index (κ1) is 14.0. The van der Waals surface area contributed by atoms with Crippen LogP contribution >= 0.6 is 0 Å². The molecule has 0 saturated carbocycles. The summed E-state index contributed by atoms with van der Waals surface area (Å²) in [4.78, 5) is 16.6. The summed E-state index contributed by atoms with van der Waals surface area (Å²) >= 11 is 0. The van der Waals surface area contributed by atoms with Crippen LogP contribution in [0.4, 0.5) is 0 Å². The lowest BCUT2D eigenvalue weighted by Crippen LogP contribution is -2.44. The van der Waals surface area contributed by atoms with E-state index in [9.17, 15) is 4.79 Å². The van der Waals surface area contributed by atoms with Crippen LogP contribution in [-0.4, -0.2) is 30.0 Å². The molecule has 0 aromatic carbocycles. The van der Waals surface area contributed by atoms with Crippen LogP contribution in [0.1, 0.15) is 41.5 Å². The molecule has 1 aromatic heterocycles. The van der Waals surface area contributed by atoms with E-state index in [1.165, 1.54) is 12.8 Å². The van der Waals surface area contributed by atoms with E-state index in [1.807, 2.05) is 26.0 Å². The van der Waals surface area contributed by atoms with Gasteiger partial charge in [0, 0.05) is 11.7 Å². The van der Waals surface area contributed by atoms with Gasteiger partial charge in [0.1, 0.15) is 0 Å². The smallest absolute Gasteiger partial charge is 0.253 e. The molecule has 0 bridgehead atoms. The zero-order valence-electron chi connectivity index (χ0n) is 12.0. The molecule has 0 radical (unpaired) electrons. The predicted molar refractivity (Wildman–Crippen MR) is 76.2 cm³/mol. The normalized spacial score (nSPS) is 20.9. The van der Waals surface area contributed by atoms with Gasteiger partial charge < -0.3 is 10.6 Å². The number of rotatable bonds is 3. The highest BCUT2D eigenvalue weighted by molar-refractivity contribution is 5.95. The quantitative estimate of drug-likeness (QED) is 0.872. The minimum atomic E-state index is -0.0110. The van der Waals surface area contributed by atoms with Crippen LogP contribution in [0.5, 0.6) is 0 Å². The third kappa shape index (κ3) is 3.53. The van der Waals surface area contributed by atoms with Crippen molar-refractivity contribution >= 4 is 5.91 Å². The van der Waals surface area contributed by atoms with Gasteiger partial charge in [-0.15, -0.1) is 0 Å². The van der Waals surface area contributed by atoms with Crippen LogP contribution in [-0.2, 0) is 0 Å². The van der Waals surface area contributed by atoms with Crippen LogP contribution in [0.15, 0.2) is 12.1 Å². The van der Waals surface area contributed by atoms with Crippen LogP contribution in [0.2, 0.25) is 0 Å². The van der Waals surface area contributed by atoms with E-state index in [4.69, 9.17) is 0 Å². The largest absolute Gasteiger partial charge is 0.349 e. The molecule has 0 aliphatic carbocycles. The maximum atomic E-state index is 12.3. The Bertz CT molecular complexity index is 453. The zero-order chi connectivity index (χ0) is 13.8. The van der Waals surface area contributed by atoms with Crippen molar-refractivity contribution in [2.75, 3.05) is 13.1 Å². The molecular formula is C15H23N3O. The van der Waals surface area contributed by atoms with Gasteiger partial charge in [0.05, 0.1) is 11.3 Å². The highest BCUT2D eigenvalue weighted by Crippen LogP contribution is 2.15. The first-order valence-corrected chi connectivity index (χ1v) is 7.03. The molecule has 1 aliphatic heterocycles. The Labute approximate surface area is 115 Å². The Balaban J connectivity index is 1.99. The average molecular weight is 261 g/mol. The van der Waals surface area contributed by atoms with Crippen molar-refractivity contribution < 1.29 is 4.79 Å². The van der Waals surface area contributed by atoms with Crippen molar-refractivity contribution in [3.8, 4) is 0 Å². The highest BCUT2D eigenvalue weighted by atomic mass is 16.1. The van der Waals surface area contributed by atoms with Crippen molar-refractivity contribution in [3.63, 3.8) is 0 Å².